The van der Waals surface area contributed by atoms with Crippen molar-refractivity contribution in [2.45, 2.75) is 4.90 Å². The van der Waals surface area contributed by atoms with Gasteiger partial charge in [-0.25, -0.2) is 13.4 Å². The van der Waals surface area contributed by atoms with Crippen LogP contribution in [0.2, 0.25) is 0 Å². The van der Waals surface area contributed by atoms with E-state index in [1.54, 1.807) is 54.6 Å². The van der Waals surface area contributed by atoms with E-state index in [1.165, 1.54) is 25.3 Å². The molecule has 1 heterocycles. The Morgan fingerprint density at radius 2 is 1.61 bits per heavy atom. The lowest BCUT2D eigenvalue weighted by atomic mass is 10.1. The second-order valence-electron chi connectivity index (χ2n) is 7.88. The van der Waals surface area contributed by atoms with Crippen LogP contribution in [0.4, 0.5) is 11.4 Å². The van der Waals surface area contributed by atoms with E-state index < -0.39 is 10.0 Å². The highest BCUT2D eigenvalue weighted by atomic mass is 32.2. The summed E-state index contributed by atoms with van der Waals surface area (Å²) >= 11 is 0. The maximum absolute atomic E-state index is 12.8. The number of rotatable bonds is 7. The molecule has 0 aliphatic carbocycles. The third-order valence-electron chi connectivity index (χ3n) is 5.43. The summed E-state index contributed by atoms with van der Waals surface area (Å²) in [5.74, 6) is 0.663. The van der Waals surface area contributed by atoms with E-state index in [4.69, 9.17) is 9.15 Å². The zero-order chi connectivity index (χ0) is 25.1. The van der Waals surface area contributed by atoms with E-state index in [9.17, 15) is 13.2 Å². The highest BCUT2D eigenvalue weighted by Gasteiger charge is 2.16. The molecule has 0 spiro atoms. The number of nitrogens with zero attached hydrogens (tertiary/aromatic N) is 1. The molecule has 0 fully saturated rings. The first-order chi connectivity index (χ1) is 17.4. The average Bonchev–Trinajstić information content (AvgIpc) is 3.33. The molecule has 1 amide bonds. The molecule has 1 aromatic heterocycles. The van der Waals surface area contributed by atoms with Crippen LogP contribution in [-0.2, 0) is 10.0 Å². The lowest BCUT2D eigenvalue weighted by Gasteiger charge is -2.11. The highest BCUT2D eigenvalue weighted by molar-refractivity contribution is 7.92. The Balaban J connectivity index is 1.28. The number of oxazole rings is 1. The van der Waals surface area contributed by atoms with Crippen molar-refractivity contribution < 1.29 is 22.4 Å². The van der Waals surface area contributed by atoms with Gasteiger partial charge in [-0.2, -0.15) is 0 Å². The maximum atomic E-state index is 12.8. The molecule has 0 saturated heterocycles. The number of benzene rings is 4. The third-order valence-corrected chi connectivity index (χ3v) is 6.83. The summed E-state index contributed by atoms with van der Waals surface area (Å²) in [6.07, 6.45) is 0. The van der Waals surface area contributed by atoms with Crippen LogP contribution in [0.25, 0.3) is 22.6 Å². The van der Waals surface area contributed by atoms with E-state index in [0.29, 0.717) is 28.5 Å². The molecule has 36 heavy (non-hydrogen) atoms. The Labute approximate surface area is 207 Å². The maximum Gasteiger partial charge on any atom is 0.261 e. The van der Waals surface area contributed by atoms with E-state index in [1.807, 2.05) is 24.3 Å². The van der Waals surface area contributed by atoms with E-state index >= 15 is 0 Å². The quantitative estimate of drug-likeness (QED) is 0.303. The molecule has 0 atom stereocenters. The van der Waals surface area contributed by atoms with Gasteiger partial charge >= 0.3 is 0 Å². The number of amides is 1. The van der Waals surface area contributed by atoms with Crippen molar-refractivity contribution in [2.24, 2.45) is 0 Å². The van der Waals surface area contributed by atoms with Crippen LogP contribution in [0.3, 0.4) is 0 Å². The van der Waals surface area contributed by atoms with Gasteiger partial charge in [0.15, 0.2) is 5.58 Å². The van der Waals surface area contributed by atoms with Crippen molar-refractivity contribution in [1.29, 1.82) is 0 Å². The van der Waals surface area contributed by atoms with Crippen LogP contribution in [-0.4, -0.2) is 26.4 Å². The number of methoxy groups -OCH3 is 1. The Morgan fingerprint density at radius 3 is 2.33 bits per heavy atom. The van der Waals surface area contributed by atoms with Crippen LogP contribution in [0.1, 0.15) is 10.4 Å². The Morgan fingerprint density at radius 1 is 0.861 bits per heavy atom. The van der Waals surface area contributed by atoms with Crippen molar-refractivity contribution in [3.05, 3.63) is 103 Å². The fourth-order valence-corrected chi connectivity index (χ4v) is 4.64. The number of hydrogen-bond acceptors (Lipinski definition) is 6. The number of nitrogens with one attached hydrogen (secondary N) is 2. The van der Waals surface area contributed by atoms with Crippen molar-refractivity contribution in [1.82, 2.24) is 4.98 Å². The Hall–Kier alpha value is -4.63. The first-order valence-electron chi connectivity index (χ1n) is 11.0. The summed E-state index contributed by atoms with van der Waals surface area (Å²) < 4.78 is 38.8. The molecule has 0 saturated carbocycles. The molecule has 8 nitrogen and oxygen atoms in total. The Kier molecular flexibility index (Phi) is 6.14. The van der Waals surface area contributed by atoms with Crippen LogP contribution in [0.5, 0.6) is 5.75 Å². The van der Waals surface area contributed by atoms with E-state index in [2.05, 4.69) is 15.0 Å². The molecule has 180 valence electrons. The minimum absolute atomic E-state index is 0.0807. The fraction of sp³-hybridized carbons (Fsp3) is 0.0370. The smallest absolute Gasteiger partial charge is 0.261 e. The van der Waals surface area contributed by atoms with E-state index in [-0.39, 0.29) is 16.5 Å². The van der Waals surface area contributed by atoms with Gasteiger partial charge in [-0.05, 0) is 78.9 Å². The van der Waals surface area contributed by atoms with Gasteiger partial charge in [-0.3, -0.25) is 9.52 Å². The second-order valence-corrected chi connectivity index (χ2v) is 9.56. The number of carbonyl (C=O) groups is 1. The number of aromatic nitrogens is 1. The first-order valence-corrected chi connectivity index (χ1v) is 12.4. The largest absolute Gasteiger partial charge is 0.497 e. The molecule has 5 rings (SSSR count). The van der Waals surface area contributed by atoms with Gasteiger partial charge in [0.05, 0.1) is 12.0 Å². The Bertz CT molecular complexity index is 1610. The number of anilines is 2. The minimum Gasteiger partial charge on any atom is -0.497 e. The van der Waals surface area contributed by atoms with Gasteiger partial charge in [0.25, 0.3) is 15.9 Å². The van der Waals surface area contributed by atoms with Crippen LogP contribution < -0.4 is 14.8 Å². The van der Waals surface area contributed by atoms with Crippen LogP contribution in [0, 0.1) is 0 Å². The molecule has 9 heteroatoms. The SMILES string of the molecule is COc1ccc(S(=O)(=O)Nc2cccc(C(=O)Nc3ccc(-c4nc5ccccc5o4)cc3)c2)cc1. The molecule has 0 unspecified atom stereocenters. The molecule has 0 aliphatic rings. The predicted octanol–water partition coefficient (Wildman–Crippen LogP) is 5.56. The normalized spacial score (nSPS) is 11.2. The molecular weight excluding hydrogens is 478 g/mol. The summed E-state index contributed by atoms with van der Waals surface area (Å²) in [6, 6.07) is 26.9. The van der Waals surface area contributed by atoms with E-state index in [0.717, 1.165) is 11.1 Å². The molecule has 5 aromatic rings. The molecular formula is C27H21N3O5S. The van der Waals surface area contributed by atoms with Gasteiger partial charge < -0.3 is 14.5 Å². The second kappa shape index (κ2) is 9.55. The van der Waals surface area contributed by atoms with Crippen molar-refractivity contribution in [3.8, 4) is 17.2 Å². The average molecular weight is 500 g/mol. The monoisotopic (exact) mass is 499 g/mol. The molecule has 0 bridgehead atoms. The zero-order valence-corrected chi connectivity index (χ0v) is 20.0. The standard InChI is InChI=1S/C27H21N3O5S/c1-34-22-13-15-23(16-14-22)36(32,33)30-21-6-4-5-19(17-21)26(31)28-20-11-9-18(10-12-20)27-29-24-7-2-3-8-25(24)35-27/h2-17,30H,1H3,(H,28,31). The summed E-state index contributed by atoms with van der Waals surface area (Å²) in [5.41, 5.74) is 3.39. The molecule has 0 aliphatic heterocycles. The first kappa shape index (κ1) is 23.1. The predicted molar refractivity (Wildman–Crippen MR) is 138 cm³/mol. The summed E-state index contributed by atoms with van der Waals surface area (Å²) in [5, 5.41) is 2.82. The zero-order valence-electron chi connectivity index (χ0n) is 19.1. The van der Waals surface area contributed by atoms with Gasteiger partial charge in [0, 0.05) is 22.5 Å². The van der Waals surface area contributed by atoms with Gasteiger partial charge in [-0.1, -0.05) is 18.2 Å². The van der Waals surface area contributed by atoms with Crippen molar-refractivity contribution in [2.75, 3.05) is 17.1 Å². The number of ether oxygens (including phenoxy) is 1. The summed E-state index contributed by atoms with van der Waals surface area (Å²) in [6.45, 7) is 0. The summed E-state index contributed by atoms with van der Waals surface area (Å²) in [4.78, 5) is 17.4. The summed E-state index contributed by atoms with van der Waals surface area (Å²) in [7, 11) is -2.33. The molecule has 2 N–H and O–H groups in total. The lowest BCUT2D eigenvalue weighted by Crippen LogP contribution is -2.15. The lowest BCUT2D eigenvalue weighted by molar-refractivity contribution is 0.102. The molecule has 4 aromatic carbocycles. The van der Waals surface area contributed by atoms with Crippen LogP contribution >= 0.6 is 0 Å². The topological polar surface area (TPSA) is 111 Å². The van der Waals surface area contributed by atoms with Crippen LogP contribution in [0.15, 0.2) is 106 Å². The minimum atomic E-state index is -3.83. The highest BCUT2D eigenvalue weighted by Crippen LogP contribution is 2.26. The number of carbonyl (C=O) groups excluding carboxylic acids is 1. The number of fused-ring (bicyclic) bond motifs is 1. The number of para-hydroxylation sites is 2. The van der Waals surface area contributed by atoms with Gasteiger partial charge in [0.1, 0.15) is 11.3 Å². The van der Waals surface area contributed by atoms with Crippen molar-refractivity contribution >= 4 is 38.4 Å². The molecule has 0 radical (unpaired) electrons. The van der Waals surface area contributed by atoms with Gasteiger partial charge in [-0.15, -0.1) is 0 Å². The third kappa shape index (κ3) is 4.91. The number of hydrogen-bond donors (Lipinski definition) is 2. The number of sulfonamides is 1. The van der Waals surface area contributed by atoms with Crippen molar-refractivity contribution in [3.63, 3.8) is 0 Å². The fourth-order valence-electron chi connectivity index (χ4n) is 3.59. The van der Waals surface area contributed by atoms with Gasteiger partial charge in [0.2, 0.25) is 5.89 Å².